The normalized spacial score (nSPS) is 12.0. The molecule has 3 heteroatoms. The van der Waals surface area contributed by atoms with Gasteiger partial charge in [-0.1, -0.05) is 74.5 Å². The smallest absolute Gasteiger partial charge is 0.129 e. The molecule has 0 amide bonds. The second kappa shape index (κ2) is 9.43. The fraction of sp³-hybridized carbons (Fsp3) is 0.280. The van der Waals surface area contributed by atoms with Crippen molar-refractivity contribution >= 4 is 0 Å². The zero-order valence-electron chi connectivity index (χ0n) is 16.8. The molecule has 0 radical (unpaired) electrons. The molecule has 0 fully saturated rings. The van der Waals surface area contributed by atoms with Crippen LogP contribution in [0.25, 0.3) is 0 Å². The van der Waals surface area contributed by atoms with Gasteiger partial charge in [-0.3, -0.25) is 0 Å². The predicted molar refractivity (Wildman–Crippen MR) is 113 cm³/mol. The van der Waals surface area contributed by atoms with Gasteiger partial charge in [0.25, 0.3) is 0 Å². The van der Waals surface area contributed by atoms with Gasteiger partial charge in [-0.05, 0) is 35.6 Å². The summed E-state index contributed by atoms with van der Waals surface area (Å²) in [6, 6.07) is 24.1. The molecule has 146 valence electrons. The third-order valence-electron chi connectivity index (χ3n) is 4.69. The van der Waals surface area contributed by atoms with Crippen LogP contribution >= 0.6 is 0 Å². The highest BCUT2D eigenvalue weighted by Gasteiger charge is 2.18. The first-order valence-electron chi connectivity index (χ1n) is 9.74. The molecule has 0 spiro atoms. The van der Waals surface area contributed by atoms with E-state index in [0.29, 0.717) is 19.0 Å². The second-order valence-electron chi connectivity index (χ2n) is 7.31. The molecule has 0 saturated heterocycles. The lowest BCUT2D eigenvalue weighted by Gasteiger charge is -2.20. The van der Waals surface area contributed by atoms with E-state index in [0.717, 1.165) is 28.0 Å². The Morgan fingerprint density at radius 1 is 0.679 bits per heavy atom. The molecule has 28 heavy (non-hydrogen) atoms. The molecule has 1 N–H and O–H groups in total. The van der Waals surface area contributed by atoms with E-state index in [1.807, 2.05) is 72.8 Å². The molecular formula is C25H28O3. The van der Waals surface area contributed by atoms with E-state index in [-0.39, 0.29) is 5.92 Å². The minimum atomic E-state index is -0.619. The number of rotatable bonds is 8. The lowest BCUT2D eigenvalue weighted by molar-refractivity contribution is 0.189. The molecule has 0 bridgehead atoms. The Bertz CT molecular complexity index is 800. The van der Waals surface area contributed by atoms with Crippen LogP contribution in [0, 0.1) is 0 Å². The summed E-state index contributed by atoms with van der Waals surface area (Å²) in [4.78, 5) is 0. The molecule has 0 saturated carbocycles. The maximum Gasteiger partial charge on any atom is 0.129 e. The maximum atomic E-state index is 10.3. The minimum absolute atomic E-state index is 0.270. The van der Waals surface area contributed by atoms with E-state index in [9.17, 15) is 5.11 Å². The summed E-state index contributed by atoms with van der Waals surface area (Å²) < 4.78 is 12.2. The number of benzene rings is 3. The molecule has 1 atom stereocenters. The maximum absolute atomic E-state index is 10.3. The minimum Gasteiger partial charge on any atom is -0.488 e. The van der Waals surface area contributed by atoms with Crippen molar-refractivity contribution in [2.45, 2.75) is 46.0 Å². The van der Waals surface area contributed by atoms with E-state index in [1.165, 1.54) is 0 Å². The van der Waals surface area contributed by atoms with Crippen molar-refractivity contribution in [2.75, 3.05) is 0 Å². The second-order valence-corrected chi connectivity index (χ2v) is 7.31. The molecule has 3 nitrogen and oxygen atoms in total. The van der Waals surface area contributed by atoms with Crippen molar-refractivity contribution in [1.82, 2.24) is 0 Å². The van der Waals surface area contributed by atoms with Gasteiger partial charge in [-0.2, -0.15) is 0 Å². The highest BCUT2D eigenvalue weighted by Crippen LogP contribution is 2.37. The van der Waals surface area contributed by atoms with Crippen LogP contribution in [0.5, 0.6) is 11.5 Å². The average Bonchev–Trinajstić information content (AvgIpc) is 2.71. The lowest BCUT2D eigenvalue weighted by atomic mass is 9.97. The average molecular weight is 376 g/mol. The zero-order valence-corrected chi connectivity index (χ0v) is 16.8. The summed E-state index contributed by atoms with van der Waals surface area (Å²) >= 11 is 0. The van der Waals surface area contributed by atoms with E-state index in [1.54, 1.807) is 6.92 Å². The van der Waals surface area contributed by atoms with E-state index >= 15 is 0 Å². The van der Waals surface area contributed by atoms with Crippen LogP contribution in [0.1, 0.15) is 55.0 Å². The van der Waals surface area contributed by atoms with Gasteiger partial charge < -0.3 is 14.6 Å². The van der Waals surface area contributed by atoms with Crippen LogP contribution in [0.3, 0.4) is 0 Å². The van der Waals surface area contributed by atoms with Gasteiger partial charge in [-0.25, -0.2) is 0 Å². The number of aliphatic hydroxyl groups is 1. The van der Waals surface area contributed by atoms with E-state index in [2.05, 4.69) is 13.8 Å². The Labute approximate surface area is 167 Å². The summed E-state index contributed by atoms with van der Waals surface area (Å²) in [5.41, 5.74) is 4.05. The summed E-state index contributed by atoms with van der Waals surface area (Å²) in [6.45, 7) is 6.95. The Morgan fingerprint density at radius 3 is 1.57 bits per heavy atom. The molecule has 0 aromatic heterocycles. The summed E-state index contributed by atoms with van der Waals surface area (Å²) in [5.74, 6) is 1.73. The van der Waals surface area contributed by atoms with Crippen LogP contribution in [0.2, 0.25) is 0 Å². The van der Waals surface area contributed by atoms with Crippen LogP contribution in [-0.2, 0) is 13.2 Å². The largest absolute Gasteiger partial charge is 0.488 e. The lowest BCUT2D eigenvalue weighted by Crippen LogP contribution is -2.06. The van der Waals surface area contributed by atoms with Crippen molar-refractivity contribution in [2.24, 2.45) is 0 Å². The van der Waals surface area contributed by atoms with Gasteiger partial charge >= 0.3 is 0 Å². The molecule has 1 unspecified atom stereocenters. The van der Waals surface area contributed by atoms with Gasteiger partial charge in [0, 0.05) is 11.6 Å². The van der Waals surface area contributed by atoms with Gasteiger partial charge in [0.1, 0.15) is 24.7 Å². The Kier molecular flexibility index (Phi) is 6.72. The van der Waals surface area contributed by atoms with Crippen LogP contribution < -0.4 is 9.47 Å². The standard InChI is InChI=1S/C25H28O3/c1-18(2)22-14-23(19(3)26)25(28-17-21-12-8-5-9-13-21)15-24(22)27-16-20-10-6-4-7-11-20/h4-15,18-19,26H,16-17H2,1-3H3. The summed E-state index contributed by atoms with van der Waals surface area (Å²) in [5, 5.41) is 10.3. The molecule has 3 aromatic rings. The fourth-order valence-electron chi connectivity index (χ4n) is 3.09. The first-order valence-corrected chi connectivity index (χ1v) is 9.74. The first kappa shape index (κ1) is 20.0. The first-order chi connectivity index (χ1) is 13.5. The summed E-state index contributed by atoms with van der Waals surface area (Å²) in [6.07, 6.45) is -0.619. The number of hydrogen-bond donors (Lipinski definition) is 1. The van der Waals surface area contributed by atoms with Crippen molar-refractivity contribution < 1.29 is 14.6 Å². The molecule has 3 aromatic carbocycles. The highest BCUT2D eigenvalue weighted by molar-refractivity contribution is 5.49. The Balaban J connectivity index is 1.88. The summed E-state index contributed by atoms with van der Waals surface area (Å²) in [7, 11) is 0. The van der Waals surface area contributed by atoms with Gasteiger partial charge in [0.15, 0.2) is 0 Å². The Hall–Kier alpha value is -2.78. The molecule has 0 aliphatic rings. The SMILES string of the molecule is CC(C)c1cc(C(C)O)c(OCc2ccccc2)cc1OCc1ccccc1. The van der Waals surface area contributed by atoms with E-state index in [4.69, 9.17) is 9.47 Å². The molecule has 0 aliphatic heterocycles. The zero-order chi connectivity index (χ0) is 19.9. The third-order valence-corrected chi connectivity index (χ3v) is 4.69. The van der Waals surface area contributed by atoms with E-state index < -0.39 is 6.10 Å². The molecule has 0 heterocycles. The molecule has 0 aliphatic carbocycles. The topological polar surface area (TPSA) is 38.7 Å². The van der Waals surface area contributed by atoms with Crippen molar-refractivity contribution in [3.8, 4) is 11.5 Å². The quantitative estimate of drug-likeness (QED) is 0.522. The van der Waals surface area contributed by atoms with Crippen LogP contribution in [-0.4, -0.2) is 5.11 Å². The van der Waals surface area contributed by atoms with Crippen LogP contribution in [0.4, 0.5) is 0 Å². The number of hydrogen-bond acceptors (Lipinski definition) is 3. The Morgan fingerprint density at radius 2 is 1.14 bits per heavy atom. The fourth-order valence-corrected chi connectivity index (χ4v) is 3.09. The van der Waals surface area contributed by atoms with Crippen LogP contribution in [0.15, 0.2) is 72.8 Å². The molecule has 3 rings (SSSR count). The number of ether oxygens (including phenoxy) is 2. The van der Waals surface area contributed by atoms with Gasteiger partial charge in [0.2, 0.25) is 0 Å². The third kappa shape index (κ3) is 5.14. The highest BCUT2D eigenvalue weighted by atomic mass is 16.5. The van der Waals surface area contributed by atoms with Crippen molar-refractivity contribution in [1.29, 1.82) is 0 Å². The predicted octanol–water partition coefficient (Wildman–Crippen LogP) is 6.02. The van der Waals surface area contributed by atoms with Crippen molar-refractivity contribution in [3.63, 3.8) is 0 Å². The van der Waals surface area contributed by atoms with Gasteiger partial charge in [0.05, 0.1) is 6.10 Å². The van der Waals surface area contributed by atoms with Gasteiger partial charge in [-0.15, -0.1) is 0 Å². The number of aliphatic hydroxyl groups excluding tert-OH is 1. The van der Waals surface area contributed by atoms with Crippen molar-refractivity contribution in [3.05, 3.63) is 95.1 Å². The molecular weight excluding hydrogens is 348 g/mol. The monoisotopic (exact) mass is 376 g/mol.